The molecule has 0 bridgehead atoms. The number of nitrogens with two attached hydrogens (primary N) is 1. The van der Waals surface area contributed by atoms with Crippen LogP contribution in [0, 0.1) is 0 Å². The van der Waals surface area contributed by atoms with Gasteiger partial charge in [0, 0.05) is 0 Å². The Morgan fingerprint density at radius 3 is 2.40 bits per heavy atom. The Morgan fingerprint density at radius 1 is 1.27 bits per heavy atom. The zero-order valence-corrected chi connectivity index (χ0v) is 9.57. The molecule has 0 aliphatic heterocycles. The highest BCUT2D eigenvalue weighted by atomic mass is 16.5. The third-order valence-corrected chi connectivity index (χ3v) is 2.13. The topological polar surface area (TPSA) is 68.2 Å². The van der Waals surface area contributed by atoms with Gasteiger partial charge < -0.3 is 10.3 Å². The van der Waals surface area contributed by atoms with Gasteiger partial charge in [0.2, 0.25) is 5.89 Å². The highest BCUT2D eigenvalue weighted by Crippen LogP contribution is 2.03. The maximum atomic E-state index is 5.40. The summed E-state index contributed by atoms with van der Waals surface area (Å²) in [6.07, 6.45) is 2.28. The van der Waals surface area contributed by atoms with Gasteiger partial charge in [0.25, 0.3) is 0 Å². The predicted molar refractivity (Wildman–Crippen MR) is 58.0 cm³/mol. The lowest BCUT2D eigenvalue weighted by molar-refractivity contribution is 0.255. The Bertz CT molecular complexity index is 268. The van der Waals surface area contributed by atoms with Gasteiger partial charge >= 0.3 is 0 Å². The van der Waals surface area contributed by atoms with Crippen molar-refractivity contribution in [2.75, 3.05) is 13.1 Å². The summed E-state index contributed by atoms with van der Waals surface area (Å²) in [4.78, 5) is 6.51. The first kappa shape index (κ1) is 12.1. The molecule has 0 amide bonds. The molecule has 0 aliphatic carbocycles. The highest BCUT2D eigenvalue weighted by Gasteiger charge is 2.09. The van der Waals surface area contributed by atoms with E-state index in [4.69, 9.17) is 10.3 Å². The second-order valence-corrected chi connectivity index (χ2v) is 3.58. The minimum atomic E-state index is 0.314. The van der Waals surface area contributed by atoms with Crippen molar-refractivity contribution >= 4 is 0 Å². The van der Waals surface area contributed by atoms with Crippen LogP contribution in [-0.2, 0) is 13.1 Å². The molecular formula is C10H20N4O. The lowest BCUT2D eigenvalue weighted by Gasteiger charge is -2.18. The molecular weight excluding hydrogens is 192 g/mol. The minimum Gasteiger partial charge on any atom is -0.338 e. The Morgan fingerprint density at radius 2 is 1.93 bits per heavy atom. The molecule has 0 saturated carbocycles. The Labute approximate surface area is 90.6 Å². The Kier molecular flexibility index (Phi) is 5.28. The SMILES string of the molecule is CCCN(CCC)Cc1noc(CN)n1. The van der Waals surface area contributed by atoms with Crippen LogP contribution in [0.4, 0.5) is 0 Å². The van der Waals surface area contributed by atoms with E-state index in [1.807, 2.05) is 0 Å². The monoisotopic (exact) mass is 212 g/mol. The molecule has 0 saturated heterocycles. The maximum absolute atomic E-state index is 5.40. The van der Waals surface area contributed by atoms with E-state index < -0.39 is 0 Å². The van der Waals surface area contributed by atoms with Gasteiger partial charge in [-0.3, -0.25) is 4.90 Å². The molecule has 0 radical (unpaired) electrons. The Balaban J connectivity index is 2.48. The average Bonchev–Trinajstić information content (AvgIpc) is 2.66. The zero-order valence-electron chi connectivity index (χ0n) is 9.57. The second-order valence-electron chi connectivity index (χ2n) is 3.58. The summed E-state index contributed by atoms with van der Waals surface area (Å²) in [5.74, 6) is 1.25. The lowest BCUT2D eigenvalue weighted by atomic mass is 10.3. The van der Waals surface area contributed by atoms with Crippen molar-refractivity contribution in [2.24, 2.45) is 5.73 Å². The number of hydrogen-bond donors (Lipinski definition) is 1. The molecule has 0 spiro atoms. The summed E-state index contributed by atoms with van der Waals surface area (Å²) in [7, 11) is 0. The molecule has 86 valence electrons. The van der Waals surface area contributed by atoms with E-state index >= 15 is 0 Å². The predicted octanol–water partition coefficient (Wildman–Crippen LogP) is 1.15. The number of nitrogens with zero attached hydrogens (tertiary/aromatic N) is 3. The summed E-state index contributed by atoms with van der Waals surface area (Å²) in [6.45, 7) is 7.55. The summed E-state index contributed by atoms with van der Waals surface area (Å²) >= 11 is 0. The first-order valence-electron chi connectivity index (χ1n) is 5.54. The van der Waals surface area contributed by atoms with Crippen molar-refractivity contribution in [1.82, 2.24) is 15.0 Å². The van der Waals surface area contributed by atoms with Crippen LogP contribution in [-0.4, -0.2) is 28.1 Å². The van der Waals surface area contributed by atoms with E-state index in [9.17, 15) is 0 Å². The molecule has 1 heterocycles. The molecule has 0 unspecified atom stereocenters. The van der Waals surface area contributed by atoms with Crippen LogP contribution in [0.1, 0.15) is 38.4 Å². The van der Waals surface area contributed by atoms with E-state index in [-0.39, 0.29) is 0 Å². The van der Waals surface area contributed by atoms with Crippen LogP contribution in [0.25, 0.3) is 0 Å². The van der Waals surface area contributed by atoms with E-state index in [0.29, 0.717) is 12.4 Å². The molecule has 0 aliphatic rings. The van der Waals surface area contributed by atoms with Gasteiger partial charge in [0.05, 0.1) is 13.1 Å². The zero-order chi connectivity index (χ0) is 11.1. The molecule has 1 aromatic rings. The molecule has 0 fully saturated rings. The maximum Gasteiger partial charge on any atom is 0.240 e. The van der Waals surface area contributed by atoms with Crippen molar-refractivity contribution in [1.29, 1.82) is 0 Å². The van der Waals surface area contributed by atoms with Gasteiger partial charge in [0.1, 0.15) is 0 Å². The van der Waals surface area contributed by atoms with Gasteiger partial charge in [-0.05, 0) is 25.9 Å². The van der Waals surface area contributed by atoms with Gasteiger partial charge in [-0.25, -0.2) is 0 Å². The number of aromatic nitrogens is 2. The lowest BCUT2D eigenvalue weighted by Crippen LogP contribution is -2.25. The molecule has 1 rings (SSSR count). The minimum absolute atomic E-state index is 0.314. The summed E-state index contributed by atoms with van der Waals surface area (Å²) in [5, 5.41) is 3.88. The summed E-state index contributed by atoms with van der Waals surface area (Å²) in [6, 6.07) is 0. The normalized spacial score (nSPS) is 11.2. The van der Waals surface area contributed by atoms with Gasteiger partial charge in [-0.2, -0.15) is 4.98 Å². The van der Waals surface area contributed by atoms with E-state index in [1.165, 1.54) is 0 Å². The number of rotatable bonds is 7. The van der Waals surface area contributed by atoms with Gasteiger partial charge in [-0.15, -0.1) is 0 Å². The van der Waals surface area contributed by atoms with Gasteiger partial charge in [-0.1, -0.05) is 19.0 Å². The molecule has 5 nitrogen and oxygen atoms in total. The molecule has 5 heteroatoms. The van der Waals surface area contributed by atoms with Crippen LogP contribution >= 0.6 is 0 Å². The quantitative estimate of drug-likeness (QED) is 0.734. The first-order valence-corrected chi connectivity index (χ1v) is 5.54. The third-order valence-electron chi connectivity index (χ3n) is 2.13. The van der Waals surface area contributed by atoms with Crippen molar-refractivity contribution in [3.63, 3.8) is 0 Å². The standard InChI is InChI=1S/C10H20N4O/c1-3-5-14(6-4-2)8-9-12-10(7-11)15-13-9/h3-8,11H2,1-2H3. The van der Waals surface area contributed by atoms with Crippen molar-refractivity contribution in [3.05, 3.63) is 11.7 Å². The fraction of sp³-hybridized carbons (Fsp3) is 0.800. The molecule has 2 N–H and O–H groups in total. The fourth-order valence-electron chi connectivity index (χ4n) is 1.54. The van der Waals surface area contributed by atoms with Crippen LogP contribution in [0.15, 0.2) is 4.52 Å². The van der Waals surface area contributed by atoms with Crippen molar-refractivity contribution in [2.45, 2.75) is 39.8 Å². The van der Waals surface area contributed by atoms with Crippen LogP contribution < -0.4 is 5.73 Å². The second kappa shape index (κ2) is 6.53. The Hall–Kier alpha value is -0.940. The van der Waals surface area contributed by atoms with Crippen molar-refractivity contribution in [3.8, 4) is 0 Å². The average molecular weight is 212 g/mol. The summed E-state index contributed by atoms with van der Waals surface area (Å²) < 4.78 is 4.96. The largest absolute Gasteiger partial charge is 0.338 e. The molecule has 1 aromatic heterocycles. The number of hydrogen-bond acceptors (Lipinski definition) is 5. The smallest absolute Gasteiger partial charge is 0.240 e. The van der Waals surface area contributed by atoms with Crippen LogP contribution in [0.5, 0.6) is 0 Å². The van der Waals surface area contributed by atoms with E-state index in [2.05, 4.69) is 28.9 Å². The van der Waals surface area contributed by atoms with E-state index in [0.717, 1.165) is 38.3 Å². The van der Waals surface area contributed by atoms with E-state index in [1.54, 1.807) is 0 Å². The first-order chi connectivity index (χ1) is 7.30. The fourth-order valence-corrected chi connectivity index (χ4v) is 1.54. The van der Waals surface area contributed by atoms with Crippen LogP contribution in [0.2, 0.25) is 0 Å². The molecule has 0 aromatic carbocycles. The van der Waals surface area contributed by atoms with Gasteiger partial charge in [0.15, 0.2) is 5.82 Å². The summed E-state index contributed by atoms with van der Waals surface area (Å²) in [5.41, 5.74) is 5.40. The van der Waals surface area contributed by atoms with Crippen molar-refractivity contribution < 1.29 is 4.52 Å². The highest BCUT2D eigenvalue weighted by molar-refractivity contribution is 4.85. The molecule has 0 atom stereocenters. The van der Waals surface area contributed by atoms with Crippen LogP contribution in [0.3, 0.4) is 0 Å². The molecule has 15 heavy (non-hydrogen) atoms. The third kappa shape index (κ3) is 3.97.